The van der Waals surface area contributed by atoms with Gasteiger partial charge in [0.25, 0.3) is 0 Å². The van der Waals surface area contributed by atoms with Crippen LogP contribution in [0.1, 0.15) is 47.5 Å². The van der Waals surface area contributed by atoms with Crippen molar-refractivity contribution >= 4 is 26.0 Å². The van der Waals surface area contributed by atoms with Crippen LogP contribution in [0.25, 0.3) is 0 Å². The Hall–Kier alpha value is -0.00312. The lowest BCUT2D eigenvalue weighted by Gasteiger charge is -2.39. The van der Waals surface area contributed by atoms with Gasteiger partial charge >= 0.3 is 5.97 Å². The first-order chi connectivity index (χ1) is 8.49. The smallest absolute Gasteiger partial charge is 0.305 e. The van der Waals surface area contributed by atoms with E-state index in [1.54, 1.807) is 11.8 Å². The number of carbonyl (C=O) groups excluding carboxylic acids is 1. The molecule has 19 heavy (non-hydrogen) atoms. The number of esters is 1. The summed E-state index contributed by atoms with van der Waals surface area (Å²) >= 11 is 1.80. The second-order valence-electron chi connectivity index (χ2n) is 6.61. The van der Waals surface area contributed by atoms with Gasteiger partial charge in [-0.15, -0.1) is 11.8 Å². The lowest BCUT2D eigenvalue weighted by atomic mass is 10.2. The van der Waals surface area contributed by atoms with Crippen molar-refractivity contribution in [3.63, 3.8) is 0 Å². The topological polar surface area (TPSA) is 35.5 Å². The van der Waals surface area contributed by atoms with Crippen LogP contribution in [0.15, 0.2) is 0 Å². The maximum atomic E-state index is 11.3. The number of hydrogen-bond acceptors (Lipinski definition) is 4. The largest absolute Gasteiger partial charge is 0.469 e. The molecule has 0 saturated carbocycles. The molecule has 0 unspecified atom stereocenters. The number of hydrogen-bond donors (Lipinski definition) is 0. The zero-order chi connectivity index (χ0) is 15.3. The molecule has 0 aliphatic heterocycles. The van der Waals surface area contributed by atoms with Gasteiger partial charge in [0.05, 0.1) is 12.5 Å². The monoisotopic (exact) mass is 306 g/mol. The van der Waals surface area contributed by atoms with Gasteiger partial charge in [0.15, 0.2) is 8.32 Å². The lowest BCUT2D eigenvalue weighted by molar-refractivity contribution is -0.140. The summed E-state index contributed by atoms with van der Waals surface area (Å²) in [6.45, 7) is 15.5. The van der Waals surface area contributed by atoms with E-state index in [0.29, 0.717) is 11.7 Å². The molecule has 5 heteroatoms. The standard InChI is InChI=1S/C14H30O3SSi/c1-11(2)18-13(10-9-12(15)16-6)17-19(7,8)14(3,4)5/h11,13H,9-10H2,1-8H3/t13-/m1/s1. The minimum Gasteiger partial charge on any atom is -0.469 e. The fraction of sp³-hybridized carbons (Fsp3) is 0.929. The second-order valence-corrected chi connectivity index (χ2v) is 13.1. The molecule has 0 rings (SSSR count). The summed E-state index contributed by atoms with van der Waals surface area (Å²) in [4.78, 5) is 11.3. The molecule has 0 aliphatic carbocycles. The Morgan fingerprint density at radius 3 is 2.16 bits per heavy atom. The third-order valence-electron chi connectivity index (χ3n) is 3.47. The molecule has 0 aromatic carbocycles. The molecule has 0 N–H and O–H groups in total. The van der Waals surface area contributed by atoms with Gasteiger partial charge in [-0.3, -0.25) is 4.79 Å². The number of rotatable bonds is 7. The molecule has 0 spiro atoms. The number of thioether (sulfide) groups is 1. The van der Waals surface area contributed by atoms with Crippen LogP contribution in [0.4, 0.5) is 0 Å². The summed E-state index contributed by atoms with van der Waals surface area (Å²) in [5, 5.41) is 0.682. The highest BCUT2D eigenvalue weighted by molar-refractivity contribution is 8.00. The highest BCUT2D eigenvalue weighted by atomic mass is 32.2. The van der Waals surface area contributed by atoms with Crippen LogP contribution in [0, 0.1) is 0 Å². The van der Waals surface area contributed by atoms with E-state index < -0.39 is 8.32 Å². The Labute approximate surface area is 123 Å². The Bertz CT molecular complexity index is 285. The normalized spacial score (nSPS) is 14.6. The van der Waals surface area contributed by atoms with Gasteiger partial charge in [0.1, 0.15) is 0 Å². The summed E-state index contributed by atoms with van der Waals surface area (Å²) in [6, 6.07) is 0. The van der Waals surface area contributed by atoms with Crippen molar-refractivity contribution < 1.29 is 14.0 Å². The van der Waals surface area contributed by atoms with Crippen LogP contribution in [0.5, 0.6) is 0 Å². The van der Waals surface area contributed by atoms with Crippen LogP contribution in [0.2, 0.25) is 18.1 Å². The average molecular weight is 307 g/mol. The molecule has 1 atom stereocenters. The van der Waals surface area contributed by atoms with Crippen molar-refractivity contribution in [3.05, 3.63) is 0 Å². The fourth-order valence-corrected chi connectivity index (χ4v) is 4.24. The minimum absolute atomic E-state index is 0.0833. The van der Waals surface area contributed by atoms with Crippen LogP contribution >= 0.6 is 11.8 Å². The van der Waals surface area contributed by atoms with Gasteiger partial charge in [-0.2, -0.15) is 0 Å². The third kappa shape index (κ3) is 7.37. The Balaban J connectivity index is 4.63. The molecule has 0 amide bonds. The molecule has 0 heterocycles. The molecular weight excluding hydrogens is 276 g/mol. The fourth-order valence-electron chi connectivity index (χ4n) is 1.30. The summed E-state index contributed by atoms with van der Waals surface area (Å²) < 4.78 is 11.1. The molecule has 0 bridgehead atoms. The van der Waals surface area contributed by atoms with E-state index in [1.807, 2.05) is 0 Å². The van der Waals surface area contributed by atoms with E-state index in [-0.39, 0.29) is 16.4 Å². The molecule has 3 nitrogen and oxygen atoms in total. The van der Waals surface area contributed by atoms with Gasteiger partial charge in [-0.1, -0.05) is 34.6 Å². The molecule has 0 aliphatic rings. The van der Waals surface area contributed by atoms with E-state index in [1.165, 1.54) is 7.11 Å². The Morgan fingerprint density at radius 1 is 1.26 bits per heavy atom. The predicted octanol–water partition coefficient (Wildman–Crippen LogP) is 4.43. The van der Waals surface area contributed by atoms with E-state index in [0.717, 1.165) is 6.42 Å². The molecular formula is C14H30O3SSi. The van der Waals surface area contributed by atoms with Gasteiger partial charge in [0, 0.05) is 11.7 Å². The van der Waals surface area contributed by atoms with E-state index in [2.05, 4.69) is 47.7 Å². The predicted molar refractivity (Wildman–Crippen MR) is 86.0 cm³/mol. The van der Waals surface area contributed by atoms with E-state index >= 15 is 0 Å². The maximum Gasteiger partial charge on any atom is 0.305 e. The van der Waals surface area contributed by atoms with E-state index in [9.17, 15) is 4.79 Å². The zero-order valence-corrected chi connectivity index (χ0v) is 15.5. The minimum atomic E-state index is -1.79. The number of carbonyl (C=O) groups is 1. The van der Waals surface area contributed by atoms with Crippen molar-refractivity contribution in [3.8, 4) is 0 Å². The maximum absolute atomic E-state index is 11.3. The Kier molecular flexibility index (Phi) is 7.69. The quantitative estimate of drug-likeness (QED) is 0.396. The average Bonchev–Trinajstić information content (AvgIpc) is 2.22. The Morgan fingerprint density at radius 2 is 1.79 bits per heavy atom. The second kappa shape index (κ2) is 7.69. The van der Waals surface area contributed by atoms with Crippen molar-refractivity contribution in [1.82, 2.24) is 0 Å². The molecule has 0 aromatic heterocycles. The third-order valence-corrected chi connectivity index (χ3v) is 9.30. The SMILES string of the molecule is COC(=O)CC[C@H](O[Si](C)(C)C(C)(C)C)SC(C)C. The summed E-state index contributed by atoms with van der Waals surface area (Å²) in [5.41, 5.74) is 0.0833. The van der Waals surface area contributed by atoms with Crippen LogP contribution < -0.4 is 0 Å². The first-order valence-electron chi connectivity index (χ1n) is 6.89. The molecule has 0 saturated heterocycles. The summed E-state index contributed by atoms with van der Waals surface area (Å²) in [7, 11) is -0.358. The van der Waals surface area contributed by atoms with Crippen molar-refractivity contribution in [2.24, 2.45) is 0 Å². The van der Waals surface area contributed by atoms with Gasteiger partial charge in [-0.05, 0) is 24.6 Å². The van der Waals surface area contributed by atoms with Crippen LogP contribution in [0.3, 0.4) is 0 Å². The summed E-state index contributed by atoms with van der Waals surface area (Å²) in [6.07, 6.45) is 1.15. The number of ether oxygens (including phenoxy) is 1. The molecule has 114 valence electrons. The van der Waals surface area contributed by atoms with Crippen LogP contribution in [-0.2, 0) is 14.0 Å². The van der Waals surface area contributed by atoms with Crippen molar-refractivity contribution in [1.29, 1.82) is 0 Å². The number of methoxy groups -OCH3 is 1. The van der Waals surface area contributed by atoms with Crippen LogP contribution in [-0.4, -0.2) is 32.1 Å². The van der Waals surface area contributed by atoms with E-state index in [4.69, 9.17) is 9.16 Å². The van der Waals surface area contributed by atoms with Gasteiger partial charge in [-0.25, -0.2) is 0 Å². The molecule has 0 aromatic rings. The zero-order valence-electron chi connectivity index (χ0n) is 13.7. The lowest BCUT2D eigenvalue weighted by Crippen LogP contribution is -2.43. The molecule has 0 radical (unpaired) electrons. The van der Waals surface area contributed by atoms with Gasteiger partial charge in [0.2, 0.25) is 0 Å². The first kappa shape index (κ1) is 19.0. The highest BCUT2D eigenvalue weighted by Crippen LogP contribution is 2.39. The van der Waals surface area contributed by atoms with Crippen molar-refractivity contribution in [2.45, 2.75) is 76.3 Å². The molecule has 0 fully saturated rings. The summed E-state index contributed by atoms with van der Waals surface area (Å²) in [5.74, 6) is -0.159. The first-order valence-corrected chi connectivity index (χ1v) is 10.7. The highest BCUT2D eigenvalue weighted by Gasteiger charge is 2.39. The van der Waals surface area contributed by atoms with Crippen molar-refractivity contribution in [2.75, 3.05) is 7.11 Å². The van der Waals surface area contributed by atoms with Gasteiger partial charge < -0.3 is 9.16 Å².